The first-order valence-corrected chi connectivity index (χ1v) is 9.47. The molecule has 4 aromatic rings. The molecule has 0 aliphatic rings. The number of nitrogens with zero attached hydrogens (tertiary/aromatic N) is 3. The maximum Gasteiger partial charge on any atom is 0.355 e. The van der Waals surface area contributed by atoms with Crippen molar-refractivity contribution in [1.82, 2.24) is 15.4 Å². The van der Waals surface area contributed by atoms with Gasteiger partial charge in [0.15, 0.2) is 0 Å². The van der Waals surface area contributed by atoms with Crippen molar-refractivity contribution in [2.75, 3.05) is 10.7 Å². The molecule has 0 bridgehead atoms. The van der Waals surface area contributed by atoms with Crippen molar-refractivity contribution < 1.29 is 9.72 Å². The second-order valence-electron chi connectivity index (χ2n) is 6.39. The van der Waals surface area contributed by atoms with E-state index in [2.05, 4.69) is 26.1 Å². The molecule has 0 unspecified atom stereocenters. The molecule has 1 heterocycles. The SMILES string of the molecule is O=C(NNc1ncnc(Nc2cccc3ccccc23)c1[N+](=O)[O-])c1ccccc1Cl. The molecule has 0 radical (unpaired) electrons. The Morgan fingerprint density at radius 1 is 0.935 bits per heavy atom. The standard InChI is InChI=1S/C21H15ClN6O3/c22-16-10-4-3-9-15(16)21(29)27-26-20-18(28(30)31)19(23-12-24-20)25-17-11-5-7-13-6-1-2-8-14(13)17/h1-12H,(H,27,29)(H2,23,24,25,26). The number of hydrogen-bond acceptors (Lipinski definition) is 7. The van der Waals surface area contributed by atoms with Crippen LogP contribution in [0.5, 0.6) is 0 Å². The van der Waals surface area contributed by atoms with Gasteiger partial charge in [0.25, 0.3) is 5.91 Å². The van der Waals surface area contributed by atoms with E-state index in [4.69, 9.17) is 11.6 Å². The Balaban J connectivity index is 1.63. The normalized spacial score (nSPS) is 10.5. The lowest BCUT2D eigenvalue weighted by molar-refractivity contribution is -0.383. The highest BCUT2D eigenvalue weighted by molar-refractivity contribution is 6.33. The number of nitro groups is 1. The topological polar surface area (TPSA) is 122 Å². The van der Waals surface area contributed by atoms with Gasteiger partial charge in [-0.05, 0) is 23.6 Å². The summed E-state index contributed by atoms with van der Waals surface area (Å²) in [5, 5.41) is 16.9. The minimum atomic E-state index is -0.628. The highest BCUT2D eigenvalue weighted by Gasteiger charge is 2.24. The fourth-order valence-corrected chi connectivity index (χ4v) is 3.25. The summed E-state index contributed by atoms with van der Waals surface area (Å²) in [7, 11) is 0. The zero-order valence-electron chi connectivity index (χ0n) is 15.9. The Morgan fingerprint density at radius 2 is 1.65 bits per heavy atom. The van der Waals surface area contributed by atoms with Gasteiger partial charge in [-0.15, -0.1) is 0 Å². The summed E-state index contributed by atoms with van der Waals surface area (Å²) in [4.78, 5) is 31.4. The Kier molecular flexibility index (Phi) is 5.59. The molecule has 0 aliphatic carbocycles. The molecule has 10 heteroatoms. The average Bonchev–Trinajstić information content (AvgIpc) is 2.78. The van der Waals surface area contributed by atoms with Crippen molar-refractivity contribution in [2.45, 2.75) is 0 Å². The van der Waals surface area contributed by atoms with Gasteiger partial charge in [0, 0.05) is 11.1 Å². The number of benzene rings is 3. The number of hydrazine groups is 1. The quantitative estimate of drug-likeness (QED) is 0.297. The van der Waals surface area contributed by atoms with E-state index in [1.165, 1.54) is 6.07 Å². The monoisotopic (exact) mass is 434 g/mol. The van der Waals surface area contributed by atoms with Crippen molar-refractivity contribution in [3.8, 4) is 0 Å². The number of nitrogens with one attached hydrogen (secondary N) is 3. The highest BCUT2D eigenvalue weighted by atomic mass is 35.5. The van der Waals surface area contributed by atoms with Crippen LogP contribution in [0.3, 0.4) is 0 Å². The second-order valence-corrected chi connectivity index (χ2v) is 6.79. The van der Waals surface area contributed by atoms with E-state index in [9.17, 15) is 14.9 Å². The summed E-state index contributed by atoms with van der Waals surface area (Å²) in [6.07, 6.45) is 1.16. The van der Waals surface area contributed by atoms with Gasteiger partial charge in [-0.2, -0.15) is 0 Å². The van der Waals surface area contributed by atoms with E-state index in [1.807, 2.05) is 36.4 Å². The van der Waals surface area contributed by atoms with Crippen LogP contribution >= 0.6 is 11.6 Å². The van der Waals surface area contributed by atoms with Gasteiger partial charge in [-0.1, -0.05) is 60.1 Å². The molecule has 0 aliphatic heterocycles. The Bertz CT molecular complexity index is 1290. The lowest BCUT2D eigenvalue weighted by Crippen LogP contribution is -2.30. The summed E-state index contributed by atoms with van der Waals surface area (Å²) >= 11 is 6.01. The maximum absolute atomic E-state index is 12.4. The predicted molar refractivity (Wildman–Crippen MR) is 118 cm³/mol. The molecular formula is C21H15ClN6O3. The fraction of sp³-hybridized carbons (Fsp3) is 0. The molecule has 3 aromatic carbocycles. The van der Waals surface area contributed by atoms with Gasteiger partial charge < -0.3 is 5.32 Å². The van der Waals surface area contributed by atoms with Crippen LogP contribution in [-0.2, 0) is 0 Å². The van der Waals surface area contributed by atoms with Crippen LogP contribution in [0.25, 0.3) is 10.8 Å². The molecule has 0 saturated heterocycles. The van der Waals surface area contributed by atoms with Crippen molar-refractivity contribution in [2.24, 2.45) is 0 Å². The molecule has 1 amide bonds. The number of fused-ring (bicyclic) bond motifs is 1. The van der Waals surface area contributed by atoms with Crippen molar-refractivity contribution >= 4 is 51.3 Å². The van der Waals surface area contributed by atoms with Gasteiger partial charge in [-0.3, -0.25) is 25.8 Å². The van der Waals surface area contributed by atoms with E-state index in [1.54, 1.807) is 24.3 Å². The number of carbonyl (C=O) groups is 1. The van der Waals surface area contributed by atoms with E-state index in [0.717, 1.165) is 17.1 Å². The fourth-order valence-electron chi connectivity index (χ4n) is 3.03. The second kappa shape index (κ2) is 8.64. The molecule has 0 spiro atoms. The first kappa shape index (κ1) is 20.0. The lowest BCUT2D eigenvalue weighted by Gasteiger charge is -2.12. The minimum Gasteiger partial charge on any atom is -0.334 e. The van der Waals surface area contributed by atoms with Crippen LogP contribution in [0, 0.1) is 10.1 Å². The van der Waals surface area contributed by atoms with Gasteiger partial charge in [-0.25, -0.2) is 9.97 Å². The summed E-state index contributed by atoms with van der Waals surface area (Å²) in [6, 6.07) is 19.6. The average molecular weight is 435 g/mol. The van der Waals surface area contributed by atoms with Crippen LogP contribution in [0.2, 0.25) is 5.02 Å². The lowest BCUT2D eigenvalue weighted by atomic mass is 10.1. The van der Waals surface area contributed by atoms with Crippen LogP contribution in [0.1, 0.15) is 10.4 Å². The zero-order valence-corrected chi connectivity index (χ0v) is 16.6. The Morgan fingerprint density at radius 3 is 2.45 bits per heavy atom. The number of anilines is 3. The van der Waals surface area contributed by atoms with Crippen LogP contribution in [0.15, 0.2) is 73.1 Å². The summed E-state index contributed by atoms with van der Waals surface area (Å²) in [5.74, 6) is -0.768. The van der Waals surface area contributed by atoms with Crippen LogP contribution < -0.4 is 16.2 Å². The summed E-state index contributed by atoms with van der Waals surface area (Å²) in [5.41, 5.74) is 5.30. The van der Waals surface area contributed by atoms with Crippen molar-refractivity contribution in [1.29, 1.82) is 0 Å². The third-order valence-electron chi connectivity index (χ3n) is 4.46. The number of aromatic nitrogens is 2. The smallest absolute Gasteiger partial charge is 0.334 e. The molecular weight excluding hydrogens is 420 g/mol. The van der Waals surface area contributed by atoms with Gasteiger partial charge >= 0.3 is 5.69 Å². The highest BCUT2D eigenvalue weighted by Crippen LogP contribution is 2.33. The third-order valence-corrected chi connectivity index (χ3v) is 4.79. The molecule has 4 rings (SSSR count). The number of rotatable bonds is 6. The van der Waals surface area contributed by atoms with E-state index >= 15 is 0 Å². The Labute approximate surface area is 181 Å². The van der Waals surface area contributed by atoms with Gasteiger partial charge in [0.2, 0.25) is 11.6 Å². The first-order valence-electron chi connectivity index (χ1n) is 9.09. The first-order chi connectivity index (χ1) is 15.0. The Hall–Kier alpha value is -4.24. The summed E-state index contributed by atoms with van der Waals surface area (Å²) < 4.78 is 0. The number of halogens is 1. The molecule has 1 aromatic heterocycles. The van der Waals surface area contributed by atoms with Gasteiger partial charge in [0.05, 0.1) is 15.5 Å². The molecule has 154 valence electrons. The number of carbonyl (C=O) groups excluding carboxylic acids is 1. The number of hydrogen-bond donors (Lipinski definition) is 3. The van der Waals surface area contributed by atoms with E-state index in [0.29, 0.717) is 5.69 Å². The molecule has 0 atom stereocenters. The van der Waals surface area contributed by atoms with E-state index < -0.39 is 16.5 Å². The minimum absolute atomic E-state index is 0.0224. The maximum atomic E-state index is 12.4. The summed E-state index contributed by atoms with van der Waals surface area (Å²) in [6.45, 7) is 0. The molecule has 31 heavy (non-hydrogen) atoms. The largest absolute Gasteiger partial charge is 0.355 e. The van der Waals surface area contributed by atoms with E-state index in [-0.39, 0.29) is 22.2 Å². The van der Waals surface area contributed by atoms with Crippen LogP contribution in [-0.4, -0.2) is 20.8 Å². The molecule has 0 saturated carbocycles. The van der Waals surface area contributed by atoms with Crippen molar-refractivity contribution in [3.05, 3.63) is 93.8 Å². The number of amides is 1. The van der Waals surface area contributed by atoms with Crippen molar-refractivity contribution in [3.63, 3.8) is 0 Å². The molecule has 3 N–H and O–H groups in total. The van der Waals surface area contributed by atoms with Crippen LogP contribution in [0.4, 0.5) is 23.0 Å². The predicted octanol–water partition coefficient (Wildman–Crippen LogP) is 4.69. The molecule has 0 fully saturated rings. The zero-order chi connectivity index (χ0) is 21.8. The van der Waals surface area contributed by atoms with Gasteiger partial charge in [0.1, 0.15) is 6.33 Å². The molecule has 9 nitrogen and oxygen atoms in total. The third kappa shape index (κ3) is 4.21.